The topological polar surface area (TPSA) is 72.9 Å². The lowest BCUT2D eigenvalue weighted by Crippen LogP contribution is -2.49. The van der Waals surface area contributed by atoms with Crippen LogP contribution < -0.4 is 11.1 Å². The zero-order chi connectivity index (χ0) is 13.1. The second-order valence-corrected chi connectivity index (χ2v) is 5.33. The van der Waals surface area contributed by atoms with E-state index in [-0.39, 0.29) is 11.3 Å². The first-order valence-corrected chi connectivity index (χ1v) is 5.82. The molecular weight excluding hydrogens is 216 g/mol. The zero-order valence-electron chi connectivity index (χ0n) is 11.0. The van der Waals surface area contributed by atoms with Gasteiger partial charge in [-0.15, -0.1) is 0 Å². The molecule has 3 N–H and O–H groups in total. The molecule has 1 aromatic rings. The van der Waals surface area contributed by atoms with E-state index in [1.165, 1.54) is 0 Å². The summed E-state index contributed by atoms with van der Waals surface area (Å²) in [6.45, 7) is 6.46. The molecule has 0 aliphatic heterocycles. The molecule has 17 heavy (non-hydrogen) atoms. The number of nitrogens with two attached hydrogens (primary N) is 1. The van der Waals surface area contributed by atoms with Gasteiger partial charge in [-0.25, -0.2) is 0 Å². The molecule has 0 aliphatic rings. The maximum Gasteiger partial charge on any atom is 0.237 e. The highest BCUT2D eigenvalue weighted by Gasteiger charge is 2.26. The Kier molecular flexibility index (Phi) is 4.28. The fourth-order valence-corrected chi connectivity index (χ4v) is 1.46. The molecule has 1 heterocycles. The Labute approximate surface area is 102 Å². The first-order valence-electron chi connectivity index (χ1n) is 5.82. The molecule has 96 valence electrons. The molecule has 1 atom stereocenters. The van der Waals surface area contributed by atoms with Gasteiger partial charge in [-0.05, 0) is 11.5 Å². The summed E-state index contributed by atoms with van der Waals surface area (Å²) in [5.41, 5.74) is 6.73. The molecule has 1 rings (SSSR count). The van der Waals surface area contributed by atoms with Crippen molar-refractivity contribution in [1.29, 1.82) is 0 Å². The third-order valence-corrected chi connectivity index (χ3v) is 2.82. The average molecular weight is 238 g/mol. The van der Waals surface area contributed by atoms with Gasteiger partial charge >= 0.3 is 0 Å². The lowest BCUT2D eigenvalue weighted by molar-refractivity contribution is -0.124. The van der Waals surface area contributed by atoms with Crippen molar-refractivity contribution < 1.29 is 4.79 Å². The first kappa shape index (κ1) is 13.7. The van der Waals surface area contributed by atoms with Gasteiger partial charge in [0, 0.05) is 31.9 Å². The molecule has 1 amide bonds. The normalized spacial score (nSPS) is 13.5. The summed E-state index contributed by atoms with van der Waals surface area (Å²) >= 11 is 0. The number of nitrogens with zero attached hydrogens (tertiary/aromatic N) is 2. The number of aromatic nitrogens is 2. The molecule has 0 fully saturated rings. The van der Waals surface area contributed by atoms with Crippen LogP contribution in [-0.2, 0) is 18.3 Å². The Morgan fingerprint density at radius 1 is 1.59 bits per heavy atom. The van der Waals surface area contributed by atoms with Crippen molar-refractivity contribution in [3.05, 3.63) is 18.0 Å². The molecule has 0 spiro atoms. The van der Waals surface area contributed by atoms with E-state index < -0.39 is 6.04 Å². The highest BCUT2D eigenvalue weighted by molar-refractivity contribution is 5.82. The molecule has 0 unspecified atom stereocenters. The van der Waals surface area contributed by atoms with Gasteiger partial charge in [0.15, 0.2) is 0 Å². The molecule has 0 saturated carbocycles. The fraction of sp³-hybridized carbons (Fsp3) is 0.667. The maximum atomic E-state index is 11.7. The Morgan fingerprint density at radius 3 is 2.71 bits per heavy atom. The van der Waals surface area contributed by atoms with E-state index in [2.05, 4.69) is 10.4 Å². The van der Waals surface area contributed by atoms with Crippen molar-refractivity contribution in [3.63, 3.8) is 0 Å². The molecule has 5 nitrogen and oxygen atoms in total. The summed E-state index contributed by atoms with van der Waals surface area (Å²) in [7, 11) is 1.89. The highest BCUT2D eigenvalue weighted by Crippen LogP contribution is 2.17. The number of carbonyl (C=O) groups is 1. The van der Waals surface area contributed by atoms with E-state index in [1.807, 2.05) is 33.9 Å². The van der Waals surface area contributed by atoms with Gasteiger partial charge < -0.3 is 11.1 Å². The number of nitrogens with one attached hydrogen (secondary N) is 1. The minimum atomic E-state index is -0.478. The Balaban J connectivity index is 2.37. The second kappa shape index (κ2) is 5.31. The van der Waals surface area contributed by atoms with Gasteiger partial charge in [-0.1, -0.05) is 20.8 Å². The van der Waals surface area contributed by atoms with Crippen LogP contribution in [0.1, 0.15) is 26.5 Å². The first-order chi connectivity index (χ1) is 7.82. The number of rotatable bonds is 4. The van der Waals surface area contributed by atoms with Gasteiger partial charge in [0.1, 0.15) is 0 Å². The van der Waals surface area contributed by atoms with Gasteiger partial charge in [0.2, 0.25) is 5.91 Å². The summed E-state index contributed by atoms with van der Waals surface area (Å²) < 4.78 is 1.80. The van der Waals surface area contributed by atoms with Crippen LogP contribution in [-0.4, -0.2) is 28.3 Å². The number of aryl methyl sites for hydroxylation is 1. The Bertz CT molecular complexity index is 378. The highest BCUT2D eigenvalue weighted by atomic mass is 16.2. The van der Waals surface area contributed by atoms with Gasteiger partial charge in [0.25, 0.3) is 0 Å². The second-order valence-electron chi connectivity index (χ2n) is 5.33. The third kappa shape index (κ3) is 3.85. The van der Waals surface area contributed by atoms with Crippen LogP contribution >= 0.6 is 0 Å². The monoisotopic (exact) mass is 238 g/mol. The largest absolute Gasteiger partial charge is 0.354 e. The van der Waals surface area contributed by atoms with E-state index in [1.54, 1.807) is 10.9 Å². The van der Waals surface area contributed by atoms with E-state index in [0.29, 0.717) is 6.54 Å². The van der Waals surface area contributed by atoms with Gasteiger partial charge in [-0.2, -0.15) is 5.10 Å². The quantitative estimate of drug-likeness (QED) is 0.800. The summed E-state index contributed by atoms with van der Waals surface area (Å²) in [5.74, 6) is -0.0975. The number of hydrogen-bond acceptors (Lipinski definition) is 3. The van der Waals surface area contributed by atoms with Crippen molar-refractivity contribution in [1.82, 2.24) is 15.1 Å². The molecule has 0 saturated heterocycles. The number of carbonyl (C=O) groups excluding carboxylic acids is 1. The molecule has 0 aromatic carbocycles. The van der Waals surface area contributed by atoms with Gasteiger partial charge in [-0.3, -0.25) is 9.48 Å². The molecule has 0 aliphatic carbocycles. The van der Waals surface area contributed by atoms with Crippen LogP contribution in [0.25, 0.3) is 0 Å². The number of hydrogen-bond donors (Lipinski definition) is 2. The average Bonchev–Trinajstić information content (AvgIpc) is 2.62. The van der Waals surface area contributed by atoms with Crippen molar-refractivity contribution in [2.75, 3.05) is 6.54 Å². The summed E-state index contributed by atoms with van der Waals surface area (Å²) in [4.78, 5) is 11.7. The minimum Gasteiger partial charge on any atom is -0.354 e. The molecule has 5 heteroatoms. The van der Waals surface area contributed by atoms with Crippen molar-refractivity contribution in [2.45, 2.75) is 33.2 Å². The lowest BCUT2D eigenvalue weighted by atomic mass is 9.87. The Morgan fingerprint density at radius 2 is 2.24 bits per heavy atom. The lowest BCUT2D eigenvalue weighted by Gasteiger charge is -2.25. The van der Waals surface area contributed by atoms with Crippen LogP contribution in [0.3, 0.4) is 0 Å². The van der Waals surface area contributed by atoms with Crippen LogP contribution in [0.2, 0.25) is 0 Å². The standard InChI is InChI=1S/C12H22N4O/c1-12(2,3)10(13)11(17)14-7-5-9-6-8-15-16(9)4/h6,8,10H,5,7,13H2,1-4H3,(H,14,17)/t10-/m0/s1. The van der Waals surface area contributed by atoms with Crippen LogP contribution in [0.4, 0.5) is 0 Å². The van der Waals surface area contributed by atoms with Crippen LogP contribution in [0, 0.1) is 5.41 Å². The van der Waals surface area contributed by atoms with E-state index >= 15 is 0 Å². The van der Waals surface area contributed by atoms with Crippen molar-refractivity contribution in [3.8, 4) is 0 Å². The smallest absolute Gasteiger partial charge is 0.237 e. The van der Waals surface area contributed by atoms with Gasteiger partial charge in [0.05, 0.1) is 6.04 Å². The van der Waals surface area contributed by atoms with E-state index in [4.69, 9.17) is 5.73 Å². The minimum absolute atomic E-state index is 0.0975. The molecule has 0 radical (unpaired) electrons. The summed E-state index contributed by atoms with van der Waals surface area (Å²) in [5, 5.41) is 6.92. The zero-order valence-corrected chi connectivity index (χ0v) is 11.0. The third-order valence-electron chi connectivity index (χ3n) is 2.82. The molecule has 1 aromatic heterocycles. The van der Waals surface area contributed by atoms with Crippen molar-refractivity contribution in [2.24, 2.45) is 18.2 Å². The molecular formula is C12H22N4O. The van der Waals surface area contributed by atoms with E-state index in [9.17, 15) is 4.79 Å². The summed E-state index contributed by atoms with van der Waals surface area (Å²) in [6, 6.07) is 1.46. The number of amides is 1. The SMILES string of the molecule is Cn1nccc1CCNC(=O)[C@H](N)C(C)(C)C. The van der Waals surface area contributed by atoms with E-state index in [0.717, 1.165) is 12.1 Å². The predicted octanol–water partition coefficient (Wildman–Crippen LogP) is 0.452. The fourth-order valence-electron chi connectivity index (χ4n) is 1.46. The Hall–Kier alpha value is -1.36. The predicted molar refractivity (Wildman–Crippen MR) is 67.4 cm³/mol. The van der Waals surface area contributed by atoms with Crippen LogP contribution in [0.5, 0.6) is 0 Å². The summed E-state index contributed by atoms with van der Waals surface area (Å²) in [6.07, 6.45) is 2.51. The maximum absolute atomic E-state index is 11.7. The molecule has 0 bridgehead atoms. The van der Waals surface area contributed by atoms with Crippen molar-refractivity contribution >= 4 is 5.91 Å². The van der Waals surface area contributed by atoms with Crippen LogP contribution in [0.15, 0.2) is 12.3 Å².